The Bertz CT molecular complexity index is 2060. The molecule has 18 heteroatoms. The Morgan fingerprint density at radius 1 is 0.782 bits per heavy atom. The van der Waals surface area contributed by atoms with Crippen LogP contribution in [0.1, 0.15) is 45.2 Å². The van der Waals surface area contributed by atoms with Crippen LogP contribution in [0.25, 0.3) is 11.1 Å². The van der Waals surface area contributed by atoms with E-state index in [9.17, 15) is 32.2 Å². The van der Waals surface area contributed by atoms with Crippen LogP contribution in [0.4, 0.5) is 17.1 Å². The molecule has 3 aliphatic heterocycles. The Labute approximate surface area is 325 Å². The summed E-state index contributed by atoms with van der Waals surface area (Å²) in [6.07, 6.45) is 3.39. The van der Waals surface area contributed by atoms with E-state index >= 15 is 0 Å². The molecule has 7 rings (SSSR count). The molecule has 0 spiro atoms. The number of nitro benzene ring substituents is 1. The highest BCUT2D eigenvalue weighted by Gasteiger charge is 2.34. The van der Waals surface area contributed by atoms with E-state index in [-0.39, 0.29) is 41.0 Å². The first kappa shape index (κ1) is 43.6. The summed E-state index contributed by atoms with van der Waals surface area (Å²) in [5.74, 6) is 0. The second-order valence-electron chi connectivity index (χ2n) is 13.4. The lowest BCUT2D eigenvalue weighted by Crippen LogP contribution is -2.47. The summed E-state index contributed by atoms with van der Waals surface area (Å²) in [5.41, 5.74) is 9.72. The second-order valence-corrected chi connectivity index (χ2v) is 17.3. The molecule has 3 heterocycles. The third-order valence-electron chi connectivity index (χ3n) is 10.0. The van der Waals surface area contributed by atoms with Crippen LogP contribution in [0.2, 0.25) is 0 Å². The number of hydrogen-bond acceptors (Lipinski definition) is 13. The minimum absolute atomic E-state index is 0. The largest absolute Gasteiger partial charge is 0.410 e. The van der Waals surface area contributed by atoms with E-state index in [0.717, 1.165) is 31.6 Å². The van der Waals surface area contributed by atoms with Crippen molar-refractivity contribution in [3.63, 3.8) is 0 Å². The second kappa shape index (κ2) is 18.6. The molecule has 16 nitrogen and oxygen atoms in total. The van der Waals surface area contributed by atoms with E-state index in [1.807, 2.05) is 13.1 Å². The molecule has 0 radical (unpaired) electrons. The number of fused-ring (bicyclic) bond motifs is 3. The summed E-state index contributed by atoms with van der Waals surface area (Å²) in [5, 5.41) is 30.7. The van der Waals surface area contributed by atoms with Gasteiger partial charge in [-0.1, -0.05) is 32.1 Å². The molecular formula is C37H55N9O7S2. The summed E-state index contributed by atoms with van der Waals surface area (Å²) in [6, 6.07) is 14.7. The van der Waals surface area contributed by atoms with Crippen molar-refractivity contribution in [3.05, 3.63) is 75.8 Å². The summed E-state index contributed by atoms with van der Waals surface area (Å²) in [6.45, 7) is 7.05. The molecule has 0 bridgehead atoms. The lowest BCUT2D eigenvalue weighted by Gasteiger charge is -2.31. The molecule has 0 aromatic heterocycles. The van der Waals surface area contributed by atoms with Gasteiger partial charge in [0, 0.05) is 101 Å². The van der Waals surface area contributed by atoms with Crippen molar-refractivity contribution in [1.29, 1.82) is 0 Å². The van der Waals surface area contributed by atoms with Crippen molar-refractivity contribution < 1.29 is 27.0 Å². The van der Waals surface area contributed by atoms with Crippen LogP contribution in [-0.4, -0.2) is 132 Å². The minimum Gasteiger partial charge on any atom is -0.410 e. The zero-order valence-corrected chi connectivity index (χ0v) is 31.4. The Hall–Kier alpha value is -4.17. The lowest BCUT2D eigenvalue weighted by atomic mass is 10.1. The number of piperidine rings is 1. The number of likely N-dealkylation sites (N-methyl/N-ethyl adjacent to an activating group) is 1. The van der Waals surface area contributed by atoms with Gasteiger partial charge in [-0.2, -0.15) is 8.61 Å². The summed E-state index contributed by atoms with van der Waals surface area (Å²) < 4.78 is 55.7. The van der Waals surface area contributed by atoms with E-state index in [1.54, 1.807) is 36.4 Å². The van der Waals surface area contributed by atoms with Gasteiger partial charge in [0.15, 0.2) is 0 Å². The average molecular weight is 802 g/mol. The number of rotatable bonds is 9. The fourth-order valence-corrected chi connectivity index (χ4v) is 10.0. The molecule has 55 heavy (non-hydrogen) atoms. The Morgan fingerprint density at radius 2 is 1.33 bits per heavy atom. The summed E-state index contributed by atoms with van der Waals surface area (Å²) in [7, 11) is -5.46. The molecular weight excluding hydrogens is 747 g/mol. The third kappa shape index (κ3) is 9.28. The smallest absolute Gasteiger partial charge is 0.292 e. The van der Waals surface area contributed by atoms with Gasteiger partial charge in [-0.25, -0.2) is 16.8 Å². The number of nitro groups is 1. The van der Waals surface area contributed by atoms with Gasteiger partial charge in [0.1, 0.15) is 11.4 Å². The molecule has 5 N–H and O–H groups in total. The molecule has 1 aliphatic carbocycles. The van der Waals surface area contributed by atoms with E-state index in [1.165, 1.54) is 27.2 Å². The molecule has 0 saturated carbocycles. The fraction of sp³-hybridized carbons (Fsp3) is 0.486. The zero-order chi connectivity index (χ0) is 37.8. The van der Waals surface area contributed by atoms with Crippen LogP contribution in [0.5, 0.6) is 0 Å². The quantitative estimate of drug-likeness (QED) is 0.109. The highest BCUT2D eigenvalue weighted by Crippen LogP contribution is 2.40. The molecule has 3 aromatic rings. The van der Waals surface area contributed by atoms with Crippen molar-refractivity contribution in [2.24, 2.45) is 10.9 Å². The number of piperazine rings is 2. The number of sulfonamides is 2. The third-order valence-corrected chi connectivity index (χ3v) is 13.8. The van der Waals surface area contributed by atoms with Gasteiger partial charge in [-0.3, -0.25) is 10.1 Å². The molecule has 0 amide bonds. The molecule has 4 aliphatic rings. The van der Waals surface area contributed by atoms with E-state index in [2.05, 4.69) is 25.6 Å². The number of anilines is 2. The first-order chi connectivity index (χ1) is 25.4. The van der Waals surface area contributed by atoms with E-state index in [4.69, 9.17) is 5.73 Å². The van der Waals surface area contributed by atoms with E-state index in [0.29, 0.717) is 93.4 Å². The predicted molar refractivity (Wildman–Crippen MR) is 217 cm³/mol. The van der Waals surface area contributed by atoms with E-state index < -0.39 is 20.0 Å². The van der Waals surface area contributed by atoms with Gasteiger partial charge in [-0.15, -0.1) is 0 Å². The van der Waals surface area contributed by atoms with Gasteiger partial charge in [0.25, 0.3) is 5.69 Å². The number of nitrogens with one attached hydrogen (secondary N) is 2. The van der Waals surface area contributed by atoms with Crippen molar-refractivity contribution in [2.45, 2.75) is 43.9 Å². The Balaban J connectivity index is 0.000000274. The molecule has 0 atom stereocenters. The minimum atomic E-state index is -3.71. The first-order valence-corrected chi connectivity index (χ1v) is 20.7. The van der Waals surface area contributed by atoms with Crippen LogP contribution in [0, 0.1) is 10.1 Å². The van der Waals surface area contributed by atoms with Gasteiger partial charge in [-0.05, 0) is 73.8 Å². The van der Waals surface area contributed by atoms with Crippen LogP contribution < -0.4 is 21.3 Å². The van der Waals surface area contributed by atoms with Gasteiger partial charge in [0.2, 0.25) is 20.0 Å². The molecule has 3 aromatic carbocycles. The average Bonchev–Trinajstić information content (AvgIpc) is 3.50. The Morgan fingerprint density at radius 3 is 1.84 bits per heavy atom. The maximum absolute atomic E-state index is 13.2. The number of benzene rings is 3. The van der Waals surface area contributed by atoms with Gasteiger partial charge < -0.3 is 31.4 Å². The van der Waals surface area contributed by atoms with Gasteiger partial charge >= 0.3 is 0 Å². The SMILES string of the molecule is C.C.CN1CCN(S(=O)(=O)c2ccc3c(c2)/C(=N/O)c2cc(S(=O)(=O)N4CCNCC4)ccc2-3)CC1.NCCNc1ccc([N+](=O)[O-])c(N2CCCCC2)c1. The van der Waals surface area contributed by atoms with Crippen LogP contribution in [-0.2, 0) is 20.0 Å². The lowest BCUT2D eigenvalue weighted by molar-refractivity contribution is -0.384. The van der Waals surface area contributed by atoms with Crippen molar-refractivity contribution >= 4 is 42.8 Å². The summed E-state index contributed by atoms with van der Waals surface area (Å²) in [4.78, 5) is 15.2. The first-order valence-electron chi connectivity index (χ1n) is 17.8. The molecule has 3 saturated heterocycles. The standard InChI is InChI=1S/C22H27N5O5S2.C13H20N4O2.2CH4/c1-25-10-12-27(13-11-25)34(31,32)17-3-5-19-18-4-2-16(14-20(18)22(24-28)21(19)15-17)33(29,30)26-8-6-23-7-9-26;14-6-7-15-11-4-5-12(17(18)19)13(10-11)16-8-2-1-3-9-16;;/h2-5,14-15,23,28H,6-13H2,1H3;4-5,10,15H,1-3,6-9,14H2;2*1H4/b24-22+;;;. The molecule has 0 unspecified atom stereocenters. The summed E-state index contributed by atoms with van der Waals surface area (Å²) >= 11 is 0. The number of nitrogens with two attached hydrogens (primary N) is 1. The highest BCUT2D eigenvalue weighted by molar-refractivity contribution is 7.89. The van der Waals surface area contributed by atoms with Crippen molar-refractivity contribution in [1.82, 2.24) is 18.8 Å². The molecule has 3 fully saturated rings. The Kier molecular flexibility index (Phi) is 14.8. The van der Waals surface area contributed by atoms with Crippen LogP contribution >= 0.6 is 0 Å². The monoisotopic (exact) mass is 801 g/mol. The van der Waals surface area contributed by atoms with Crippen molar-refractivity contribution in [3.8, 4) is 11.1 Å². The van der Waals surface area contributed by atoms with Gasteiger partial charge in [0.05, 0.1) is 14.7 Å². The van der Waals surface area contributed by atoms with Crippen LogP contribution in [0.3, 0.4) is 0 Å². The zero-order valence-electron chi connectivity index (χ0n) is 29.8. The van der Waals surface area contributed by atoms with Crippen molar-refractivity contribution in [2.75, 3.05) is 95.8 Å². The maximum atomic E-state index is 13.2. The topological polar surface area (TPSA) is 207 Å². The normalized spacial score (nSPS) is 18.6. The number of nitrogens with zero attached hydrogens (tertiary/aromatic N) is 6. The maximum Gasteiger partial charge on any atom is 0.292 e. The number of oxime groups is 1. The molecule has 302 valence electrons. The fourth-order valence-electron chi connectivity index (χ4n) is 7.09. The number of hydrogen-bond donors (Lipinski definition) is 4. The van der Waals surface area contributed by atoms with Crippen LogP contribution in [0.15, 0.2) is 69.5 Å². The predicted octanol–water partition coefficient (Wildman–Crippen LogP) is 3.65. The highest BCUT2D eigenvalue weighted by atomic mass is 32.2.